The van der Waals surface area contributed by atoms with E-state index in [4.69, 9.17) is 4.74 Å². The zero-order chi connectivity index (χ0) is 14.1. The van der Waals surface area contributed by atoms with Crippen molar-refractivity contribution in [3.8, 4) is 11.5 Å². The molecule has 0 aliphatic carbocycles. The fourth-order valence-corrected chi connectivity index (χ4v) is 1.93. The van der Waals surface area contributed by atoms with Crippen molar-refractivity contribution in [3.05, 3.63) is 23.8 Å². The number of aromatic hydroxyl groups is 2. The van der Waals surface area contributed by atoms with Crippen molar-refractivity contribution >= 4 is 0 Å². The average Bonchev–Trinajstić information content (AvgIpc) is 2.37. The number of hydrogen-bond donors (Lipinski definition) is 3. The fraction of sp³-hybridized carbons (Fsp3) is 0.600. The number of ether oxygens (including phenoxy) is 1. The second-order valence-corrected chi connectivity index (χ2v) is 4.71. The maximum Gasteiger partial charge on any atom is 0.124 e. The highest BCUT2D eigenvalue weighted by Gasteiger charge is 2.13. The Labute approximate surface area is 115 Å². The third-order valence-corrected chi connectivity index (χ3v) is 3.05. The summed E-state index contributed by atoms with van der Waals surface area (Å²) in [6, 6.07) is 4.71. The summed E-state index contributed by atoms with van der Waals surface area (Å²) in [6.07, 6.45) is 3.18. The molecule has 0 amide bonds. The maximum absolute atomic E-state index is 9.74. The molecule has 0 aliphatic rings. The van der Waals surface area contributed by atoms with Gasteiger partial charge < -0.3 is 20.3 Å². The third-order valence-electron chi connectivity index (χ3n) is 3.05. The summed E-state index contributed by atoms with van der Waals surface area (Å²) in [5, 5.41) is 22.7. The van der Waals surface area contributed by atoms with Crippen LogP contribution in [0.2, 0.25) is 0 Å². The number of hydrogen-bond acceptors (Lipinski definition) is 4. The lowest BCUT2D eigenvalue weighted by atomic mass is 10.1. The summed E-state index contributed by atoms with van der Waals surface area (Å²) >= 11 is 0. The van der Waals surface area contributed by atoms with Crippen LogP contribution in [0.15, 0.2) is 18.2 Å². The van der Waals surface area contributed by atoms with E-state index in [2.05, 4.69) is 12.2 Å². The molecule has 3 N–H and O–H groups in total. The van der Waals surface area contributed by atoms with Gasteiger partial charge in [0.1, 0.15) is 11.5 Å². The van der Waals surface area contributed by atoms with Gasteiger partial charge >= 0.3 is 0 Å². The summed E-state index contributed by atoms with van der Waals surface area (Å²) in [4.78, 5) is 0. The first-order chi connectivity index (χ1) is 9.16. The third kappa shape index (κ3) is 5.49. The number of nitrogens with one attached hydrogen (secondary N) is 1. The highest BCUT2D eigenvalue weighted by atomic mass is 16.5. The lowest BCUT2D eigenvalue weighted by Gasteiger charge is -2.16. The molecular weight excluding hydrogens is 242 g/mol. The Balaban J connectivity index is 2.26. The summed E-state index contributed by atoms with van der Waals surface area (Å²) in [5.74, 6) is 0.249. The molecule has 1 unspecified atom stereocenters. The minimum absolute atomic E-state index is 0.0863. The first-order valence-electron chi connectivity index (χ1n) is 6.98. The molecule has 4 heteroatoms. The van der Waals surface area contributed by atoms with Crippen LogP contribution in [0, 0.1) is 0 Å². The standard InChI is InChI=1S/C15H25NO3/c1-3-4-10-19-11-6-9-16-12(2)15-13(17)7-5-8-14(15)18/h5,7-8,12,16-18H,3-4,6,9-11H2,1-2H3. The minimum atomic E-state index is -0.0863. The van der Waals surface area contributed by atoms with E-state index in [9.17, 15) is 10.2 Å². The Morgan fingerprint density at radius 1 is 1.16 bits per heavy atom. The average molecular weight is 267 g/mol. The SMILES string of the molecule is CCCCOCCCNC(C)c1c(O)cccc1O. The van der Waals surface area contributed by atoms with E-state index in [1.165, 1.54) is 0 Å². The number of benzene rings is 1. The highest BCUT2D eigenvalue weighted by molar-refractivity contribution is 5.44. The molecule has 0 spiro atoms. The first-order valence-corrected chi connectivity index (χ1v) is 6.98. The number of phenolic OH excluding ortho intramolecular Hbond substituents is 2. The summed E-state index contributed by atoms with van der Waals surface area (Å²) < 4.78 is 5.47. The lowest BCUT2D eigenvalue weighted by molar-refractivity contribution is 0.128. The van der Waals surface area contributed by atoms with E-state index < -0.39 is 0 Å². The van der Waals surface area contributed by atoms with Gasteiger partial charge in [0.15, 0.2) is 0 Å². The van der Waals surface area contributed by atoms with E-state index in [1.54, 1.807) is 18.2 Å². The van der Waals surface area contributed by atoms with Gasteiger partial charge in [-0.3, -0.25) is 0 Å². The maximum atomic E-state index is 9.74. The van der Waals surface area contributed by atoms with Crippen LogP contribution in [0.25, 0.3) is 0 Å². The summed E-state index contributed by atoms with van der Waals surface area (Å²) in [6.45, 7) is 6.43. The molecule has 108 valence electrons. The van der Waals surface area contributed by atoms with Gasteiger partial charge in [0, 0.05) is 19.3 Å². The molecule has 1 rings (SSSR count). The Morgan fingerprint density at radius 3 is 2.42 bits per heavy atom. The largest absolute Gasteiger partial charge is 0.507 e. The van der Waals surface area contributed by atoms with Crippen LogP contribution in [0.3, 0.4) is 0 Å². The molecule has 0 fully saturated rings. The molecule has 0 radical (unpaired) electrons. The van der Waals surface area contributed by atoms with Gasteiger partial charge in [-0.1, -0.05) is 19.4 Å². The van der Waals surface area contributed by atoms with Gasteiger partial charge in [0.2, 0.25) is 0 Å². The summed E-state index contributed by atoms with van der Waals surface area (Å²) in [5.41, 5.74) is 0.550. The van der Waals surface area contributed by atoms with Crippen LogP contribution >= 0.6 is 0 Å². The van der Waals surface area contributed by atoms with E-state index in [0.29, 0.717) is 5.56 Å². The molecule has 0 aromatic heterocycles. The van der Waals surface area contributed by atoms with Crippen molar-refractivity contribution in [1.82, 2.24) is 5.32 Å². The van der Waals surface area contributed by atoms with Crippen LogP contribution < -0.4 is 5.32 Å². The van der Waals surface area contributed by atoms with E-state index >= 15 is 0 Å². The Bertz CT molecular complexity index is 348. The summed E-state index contributed by atoms with van der Waals surface area (Å²) in [7, 11) is 0. The Kier molecular flexibility index (Phi) is 7.30. The van der Waals surface area contributed by atoms with Gasteiger partial charge in [-0.25, -0.2) is 0 Å². The smallest absolute Gasteiger partial charge is 0.124 e. The Hall–Kier alpha value is -1.26. The molecule has 0 heterocycles. The van der Waals surface area contributed by atoms with Crippen LogP contribution in [0.4, 0.5) is 0 Å². The molecule has 1 aromatic rings. The van der Waals surface area contributed by atoms with Crippen LogP contribution in [0.1, 0.15) is 44.7 Å². The van der Waals surface area contributed by atoms with Gasteiger partial charge in [0.25, 0.3) is 0 Å². The minimum Gasteiger partial charge on any atom is -0.507 e. The second kappa shape index (κ2) is 8.77. The molecular formula is C15H25NO3. The predicted molar refractivity (Wildman–Crippen MR) is 76.5 cm³/mol. The van der Waals surface area contributed by atoms with Crippen molar-refractivity contribution in [2.75, 3.05) is 19.8 Å². The first kappa shape index (κ1) is 15.8. The van der Waals surface area contributed by atoms with E-state index in [-0.39, 0.29) is 17.5 Å². The number of unbranched alkanes of at least 4 members (excludes halogenated alkanes) is 1. The Morgan fingerprint density at radius 2 is 1.79 bits per heavy atom. The topological polar surface area (TPSA) is 61.7 Å². The predicted octanol–water partition coefficient (Wildman–Crippen LogP) is 2.96. The molecule has 1 aromatic carbocycles. The highest BCUT2D eigenvalue weighted by Crippen LogP contribution is 2.31. The number of phenols is 2. The van der Waals surface area contributed by atoms with Crippen molar-refractivity contribution in [2.24, 2.45) is 0 Å². The molecule has 0 saturated heterocycles. The monoisotopic (exact) mass is 267 g/mol. The zero-order valence-electron chi connectivity index (χ0n) is 11.9. The molecule has 0 aliphatic heterocycles. The molecule has 0 bridgehead atoms. The molecule has 1 atom stereocenters. The molecule has 4 nitrogen and oxygen atoms in total. The van der Waals surface area contributed by atoms with Crippen molar-refractivity contribution in [2.45, 2.75) is 39.2 Å². The molecule has 0 saturated carbocycles. The normalized spacial score (nSPS) is 12.5. The van der Waals surface area contributed by atoms with Crippen molar-refractivity contribution in [3.63, 3.8) is 0 Å². The molecule has 19 heavy (non-hydrogen) atoms. The zero-order valence-corrected chi connectivity index (χ0v) is 11.9. The van der Waals surface area contributed by atoms with Gasteiger partial charge in [-0.2, -0.15) is 0 Å². The van der Waals surface area contributed by atoms with Crippen LogP contribution in [-0.2, 0) is 4.74 Å². The van der Waals surface area contributed by atoms with Crippen molar-refractivity contribution in [1.29, 1.82) is 0 Å². The van der Waals surface area contributed by atoms with Gasteiger partial charge in [-0.15, -0.1) is 0 Å². The van der Waals surface area contributed by atoms with Crippen LogP contribution in [-0.4, -0.2) is 30.0 Å². The quantitative estimate of drug-likeness (QED) is 0.602. The fourth-order valence-electron chi connectivity index (χ4n) is 1.93. The van der Waals surface area contributed by atoms with E-state index in [1.807, 2.05) is 6.92 Å². The van der Waals surface area contributed by atoms with Gasteiger partial charge in [0.05, 0.1) is 5.56 Å². The van der Waals surface area contributed by atoms with Crippen LogP contribution in [0.5, 0.6) is 11.5 Å². The lowest BCUT2D eigenvalue weighted by Crippen LogP contribution is -2.21. The van der Waals surface area contributed by atoms with E-state index in [0.717, 1.165) is 39.0 Å². The van der Waals surface area contributed by atoms with Crippen molar-refractivity contribution < 1.29 is 14.9 Å². The van der Waals surface area contributed by atoms with Gasteiger partial charge in [-0.05, 0) is 38.4 Å². The number of rotatable bonds is 9. The second-order valence-electron chi connectivity index (χ2n) is 4.71.